The number of nitrogens with two attached hydrogens (primary N) is 1. The number of benzene rings is 2. The maximum atomic E-state index is 13.1. The lowest BCUT2D eigenvalue weighted by Crippen LogP contribution is -2.16. The van der Waals surface area contributed by atoms with E-state index in [0.717, 1.165) is 17.8 Å². The quantitative estimate of drug-likeness (QED) is 0.896. The minimum atomic E-state index is -0.210. The molecule has 0 radical (unpaired) electrons. The van der Waals surface area contributed by atoms with E-state index in [4.69, 9.17) is 5.73 Å². The van der Waals surface area contributed by atoms with Gasteiger partial charge in [0.25, 0.3) is 0 Å². The molecule has 0 heterocycles. The molecule has 0 spiro atoms. The molecule has 18 heavy (non-hydrogen) atoms. The number of hydrogen-bond donors (Lipinski definition) is 1. The van der Waals surface area contributed by atoms with Crippen molar-refractivity contribution in [2.75, 3.05) is 11.9 Å². The Bertz CT molecular complexity index is 508. The first-order valence-electron chi connectivity index (χ1n) is 5.93. The summed E-state index contributed by atoms with van der Waals surface area (Å²) in [6.45, 7) is 1.30. The molecule has 3 heteroatoms. The largest absolute Gasteiger partial charge is 0.370 e. The van der Waals surface area contributed by atoms with Gasteiger partial charge >= 0.3 is 0 Å². The second-order valence-corrected chi connectivity index (χ2v) is 4.36. The molecule has 0 aliphatic carbocycles. The van der Waals surface area contributed by atoms with E-state index in [1.807, 2.05) is 30.1 Å². The normalized spacial score (nSPS) is 10.4. The Kier molecular flexibility index (Phi) is 3.95. The predicted octanol–water partition coefficient (Wildman–Crippen LogP) is 2.92. The van der Waals surface area contributed by atoms with Gasteiger partial charge in [-0.25, -0.2) is 4.39 Å². The van der Waals surface area contributed by atoms with Crippen LogP contribution in [0.4, 0.5) is 10.1 Å². The Labute approximate surface area is 107 Å². The van der Waals surface area contributed by atoms with E-state index in [1.165, 1.54) is 17.7 Å². The molecule has 0 atom stereocenters. The smallest absolute Gasteiger partial charge is 0.125 e. The Morgan fingerprint density at radius 1 is 1.06 bits per heavy atom. The van der Waals surface area contributed by atoms with Crippen molar-refractivity contribution < 1.29 is 4.39 Å². The van der Waals surface area contributed by atoms with Crippen LogP contribution in [-0.2, 0) is 13.1 Å². The molecular weight excluding hydrogens is 227 g/mol. The monoisotopic (exact) mass is 244 g/mol. The summed E-state index contributed by atoms with van der Waals surface area (Å²) in [5, 5.41) is 0. The van der Waals surface area contributed by atoms with E-state index in [0.29, 0.717) is 6.54 Å². The van der Waals surface area contributed by atoms with E-state index in [9.17, 15) is 4.39 Å². The van der Waals surface area contributed by atoms with Crippen LogP contribution >= 0.6 is 0 Å². The molecule has 2 aromatic carbocycles. The van der Waals surface area contributed by atoms with Gasteiger partial charge in [0, 0.05) is 25.8 Å². The van der Waals surface area contributed by atoms with Gasteiger partial charge in [-0.3, -0.25) is 0 Å². The highest BCUT2D eigenvalue weighted by Crippen LogP contribution is 2.16. The van der Waals surface area contributed by atoms with Crippen molar-refractivity contribution >= 4 is 5.69 Å². The number of hydrogen-bond acceptors (Lipinski definition) is 2. The number of nitrogens with zero attached hydrogens (tertiary/aromatic N) is 1. The van der Waals surface area contributed by atoms with Gasteiger partial charge in [-0.15, -0.1) is 0 Å². The van der Waals surface area contributed by atoms with Crippen LogP contribution in [0.2, 0.25) is 0 Å². The summed E-state index contributed by atoms with van der Waals surface area (Å²) >= 11 is 0. The number of anilines is 1. The van der Waals surface area contributed by atoms with Crippen molar-refractivity contribution in [3.05, 3.63) is 65.5 Å². The molecule has 0 aliphatic rings. The van der Waals surface area contributed by atoms with E-state index < -0.39 is 0 Å². The first-order chi connectivity index (χ1) is 8.69. The third-order valence-electron chi connectivity index (χ3n) is 2.93. The lowest BCUT2D eigenvalue weighted by Gasteiger charge is -2.19. The molecule has 0 aliphatic heterocycles. The van der Waals surface area contributed by atoms with Gasteiger partial charge in [-0.1, -0.05) is 30.3 Å². The molecule has 0 aromatic heterocycles. The third kappa shape index (κ3) is 3.08. The van der Waals surface area contributed by atoms with Crippen LogP contribution in [0.3, 0.4) is 0 Å². The molecule has 0 saturated carbocycles. The van der Waals surface area contributed by atoms with Crippen LogP contribution in [-0.4, -0.2) is 7.05 Å². The SMILES string of the molecule is CN(Cc1ccc(CN)cc1)c1cccc(F)c1. The maximum Gasteiger partial charge on any atom is 0.125 e. The van der Waals surface area contributed by atoms with E-state index in [2.05, 4.69) is 12.1 Å². The summed E-state index contributed by atoms with van der Waals surface area (Å²) in [4.78, 5) is 2.01. The average molecular weight is 244 g/mol. The molecule has 0 fully saturated rings. The second kappa shape index (κ2) is 5.65. The van der Waals surface area contributed by atoms with Crippen LogP contribution in [0.1, 0.15) is 11.1 Å². The molecule has 2 rings (SSSR count). The zero-order valence-corrected chi connectivity index (χ0v) is 10.4. The number of rotatable bonds is 4. The topological polar surface area (TPSA) is 29.3 Å². The zero-order valence-electron chi connectivity index (χ0n) is 10.4. The lowest BCUT2D eigenvalue weighted by molar-refractivity contribution is 0.627. The van der Waals surface area contributed by atoms with Crippen molar-refractivity contribution in [2.45, 2.75) is 13.1 Å². The first-order valence-corrected chi connectivity index (χ1v) is 5.93. The fourth-order valence-electron chi connectivity index (χ4n) is 1.86. The van der Waals surface area contributed by atoms with Gasteiger partial charge in [0.1, 0.15) is 5.82 Å². The number of halogens is 1. The van der Waals surface area contributed by atoms with Gasteiger partial charge in [-0.2, -0.15) is 0 Å². The van der Waals surface area contributed by atoms with Gasteiger partial charge in [0.2, 0.25) is 0 Å². The van der Waals surface area contributed by atoms with Crippen LogP contribution in [0.15, 0.2) is 48.5 Å². The molecule has 0 amide bonds. The van der Waals surface area contributed by atoms with E-state index in [1.54, 1.807) is 6.07 Å². The van der Waals surface area contributed by atoms with Gasteiger partial charge in [0.15, 0.2) is 0 Å². The Hall–Kier alpha value is -1.87. The molecule has 94 valence electrons. The zero-order chi connectivity index (χ0) is 13.0. The van der Waals surface area contributed by atoms with Crippen LogP contribution in [0, 0.1) is 5.82 Å². The average Bonchev–Trinajstić information content (AvgIpc) is 2.39. The molecule has 0 unspecified atom stereocenters. The minimum absolute atomic E-state index is 0.210. The Morgan fingerprint density at radius 2 is 1.72 bits per heavy atom. The Morgan fingerprint density at radius 3 is 2.33 bits per heavy atom. The summed E-state index contributed by atoms with van der Waals surface area (Å²) in [5.74, 6) is -0.210. The van der Waals surface area contributed by atoms with Crippen molar-refractivity contribution in [3.8, 4) is 0 Å². The first kappa shape index (κ1) is 12.6. The standard InChI is InChI=1S/C15H17FN2/c1-18(15-4-2-3-14(16)9-15)11-13-7-5-12(10-17)6-8-13/h2-9H,10-11,17H2,1H3. The van der Waals surface area contributed by atoms with Gasteiger partial charge in [-0.05, 0) is 29.3 Å². The molecule has 2 nitrogen and oxygen atoms in total. The fourth-order valence-corrected chi connectivity index (χ4v) is 1.86. The molecule has 0 bridgehead atoms. The molecule has 0 saturated heterocycles. The van der Waals surface area contributed by atoms with Crippen LogP contribution in [0.25, 0.3) is 0 Å². The predicted molar refractivity (Wildman–Crippen MR) is 72.8 cm³/mol. The third-order valence-corrected chi connectivity index (χ3v) is 2.93. The summed E-state index contributed by atoms with van der Waals surface area (Å²) < 4.78 is 13.1. The van der Waals surface area contributed by atoms with Crippen LogP contribution in [0.5, 0.6) is 0 Å². The van der Waals surface area contributed by atoms with Gasteiger partial charge < -0.3 is 10.6 Å². The summed E-state index contributed by atoms with van der Waals surface area (Å²) in [7, 11) is 1.95. The van der Waals surface area contributed by atoms with E-state index >= 15 is 0 Å². The van der Waals surface area contributed by atoms with Gasteiger partial charge in [0.05, 0.1) is 0 Å². The van der Waals surface area contributed by atoms with Crippen LogP contribution < -0.4 is 10.6 Å². The minimum Gasteiger partial charge on any atom is -0.370 e. The van der Waals surface area contributed by atoms with Crippen molar-refractivity contribution in [2.24, 2.45) is 5.73 Å². The molecule has 2 aromatic rings. The molecule has 2 N–H and O–H groups in total. The summed E-state index contributed by atoms with van der Waals surface area (Å²) in [6.07, 6.45) is 0. The second-order valence-electron chi connectivity index (χ2n) is 4.36. The van der Waals surface area contributed by atoms with Crippen molar-refractivity contribution in [1.82, 2.24) is 0 Å². The molecular formula is C15H17FN2. The highest BCUT2D eigenvalue weighted by atomic mass is 19.1. The van der Waals surface area contributed by atoms with Crippen molar-refractivity contribution in [1.29, 1.82) is 0 Å². The highest BCUT2D eigenvalue weighted by molar-refractivity contribution is 5.46. The summed E-state index contributed by atoms with van der Waals surface area (Å²) in [6, 6.07) is 14.8. The fraction of sp³-hybridized carbons (Fsp3) is 0.200. The maximum absolute atomic E-state index is 13.1. The Balaban J connectivity index is 2.08. The summed E-state index contributed by atoms with van der Waals surface area (Å²) in [5.41, 5.74) is 8.73. The van der Waals surface area contributed by atoms with E-state index in [-0.39, 0.29) is 5.82 Å². The van der Waals surface area contributed by atoms with Crippen molar-refractivity contribution in [3.63, 3.8) is 0 Å². The lowest BCUT2D eigenvalue weighted by atomic mass is 10.1. The highest BCUT2D eigenvalue weighted by Gasteiger charge is 2.03.